The second kappa shape index (κ2) is 6.02. The van der Waals surface area contributed by atoms with Crippen molar-refractivity contribution >= 4 is 0 Å². The standard InChI is InChI=1S/C14H30N2/c1-14(2,3)12-13-6-8-16(9-7-13)11-10-15(4)5/h13H,6-12H2,1-5H3. The van der Waals surface area contributed by atoms with Gasteiger partial charge >= 0.3 is 0 Å². The number of likely N-dealkylation sites (N-methyl/N-ethyl adjacent to an activating group) is 1. The van der Waals surface area contributed by atoms with Crippen LogP contribution in [0.4, 0.5) is 0 Å². The fourth-order valence-corrected chi connectivity index (χ4v) is 2.62. The van der Waals surface area contributed by atoms with Crippen molar-refractivity contribution in [3.63, 3.8) is 0 Å². The highest BCUT2D eigenvalue weighted by atomic mass is 15.2. The molecule has 1 aliphatic rings. The third-order valence-corrected chi connectivity index (χ3v) is 3.47. The molecular weight excluding hydrogens is 196 g/mol. The molecule has 1 rings (SSSR count). The Morgan fingerprint density at radius 1 is 1.12 bits per heavy atom. The van der Waals surface area contributed by atoms with Gasteiger partial charge in [-0.3, -0.25) is 0 Å². The zero-order valence-electron chi connectivity index (χ0n) is 11.9. The number of piperidine rings is 1. The Morgan fingerprint density at radius 2 is 1.69 bits per heavy atom. The van der Waals surface area contributed by atoms with E-state index in [0.717, 1.165) is 5.92 Å². The van der Waals surface area contributed by atoms with Gasteiger partial charge in [0.05, 0.1) is 0 Å². The van der Waals surface area contributed by atoms with E-state index in [1.165, 1.54) is 45.4 Å². The molecule has 2 heteroatoms. The van der Waals surface area contributed by atoms with Crippen LogP contribution in [0.15, 0.2) is 0 Å². The van der Waals surface area contributed by atoms with Gasteiger partial charge in [-0.1, -0.05) is 20.8 Å². The molecular formula is C14H30N2. The SMILES string of the molecule is CN(C)CCN1CCC(CC(C)(C)C)CC1. The van der Waals surface area contributed by atoms with Gasteiger partial charge in [-0.2, -0.15) is 0 Å². The van der Waals surface area contributed by atoms with Crippen molar-refractivity contribution in [2.24, 2.45) is 11.3 Å². The van der Waals surface area contributed by atoms with Crippen LogP contribution in [0.3, 0.4) is 0 Å². The van der Waals surface area contributed by atoms with Crippen LogP contribution in [0.25, 0.3) is 0 Å². The summed E-state index contributed by atoms with van der Waals surface area (Å²) in [6.07, 6.45) is 4.21. The first kappa shape index (κ1) is 14.0. The lowest BCUT2D eigenvalue weighted by atomic mass is 9.80. The fourth-order valence-electron chi connectivity index (χ4n) is 2.62. The topological polar surface area (TPSA) is 6.48 Å². The summed E-state index contributed by atoms with van der Waals surface area (Å²) < 4.78 is 0. The zero-order valence-corrected chi connectivity index (χ0v) is 11.9. The summed E-state index contributed by atoms with van der Waals surface area (Å²) >= 11 is 0. The lowest BCUT2D eigenvalue weighted by Crippen LogP contribution is -2.38. The first-order valence-corrected chi connectivity index (χ1v) is 6.74. The first-order chi connectivity index (χ1) is 7.37. The van der Waals surface area contributed by atoms with E-state index in [9.17, 15) is 0 Å². The molecule has 2 nitrogen and oxygen atoms in total. The van der Waals surface area contributed by atoms with Crippen LogP contribution in [0, 0.1) is 11.3 Å². The van der Waals surface area contributed by atoms with Crippen LogP contribution in [-0.2, 0) is 0 Å². The summed E-state index contributed by atoms with van der Waals surface area (Å²) in [5, 5.41) is 0. The summed E-state index contributed by atoms with van der Waals surface area (Å²) in [5.41, 5.74) is 0.510. The Balaban J connectivity index is 2.18. The number of hydrogen-bond donors (Lipinski definition) is 0. The maximum absolute atomic E-state index is 2.62. The van der Waals surface area contributed by atoms with Gasteiger partial charge in [0.25, 0.3) is 0 Å². The average Bonchev–Trinajstić information content (AvgIpc) is 2.14. The molecule has 0 atom stereocenters. The van der Waals surface area contributed by atoms with Crippen molar-refractivity contribution in [3.8, 4) is 0 Å². The Bertz CT molecular complexity index is 185. The van der Waals surface area contributed by atoms with E-state index in [2.05, 4.69) is 44.7 Å². The normalized spacial score (nSPS) is 20.6. The van der Waals surface area contributed by atoms with Crippen LogP contribution >= 0.6 is 0 Å². The molecule has 0 radical (unpaired) electrons. The van der Waals surface area contributed by atoms with E-state index in [0.29, 0.717) is 5.41 Å². The molecule has 0 N–H and O–H groups in total. The van der Waals surface area contributed by atoms with Gasteiger partial charge in [0.15, 0.2) is 0 Å². The molecule has 0 aromatic carbocycles. The second-order valence-electron chi connectivity index (χ2n) is 6.85. The molecule has 0 aromatic rings. The molecule has 0 bridgehead atoms. The predicted molar refractivity (Wildman–Crippen MR) is 71.8 cm³/mol. The number of likely N-dealkylation sites (tertiary alicyclic amines) is 1. The van der Waals surface area contributed by atoms with Crippen LogP contribution in [0.1, 0.15) is 40.0 Å². The molecule has 16 heavy (non-hydrogen) atoms. The maximum atomic E-state index is 2.62. The lowest BCUT2D eigenvalue weighted by molar-refractivity contribution is 0.144. The summed E-state index contributed by atoms with van der Waals surface area (Å²) in [6.45, 7) is 12.2. The van der Waals surface area contributed by atoms with Crippen LogP contribution < -0.4 is 0 Å². The highest BCUT2D eigenvalue weighted by Crippen LogP contribution is 2.30. The summed E-state index contributed by atoms with van der Waals surface area (Å²) in [6, 6.07) is 0. The molecule has 1 fully saturated rings. The Morgan fingerprint density at radius 3 is 2.12 bits per heavy atom. The van der Waals surface area contributed by atoms with Crippen molar-refractivity contribution in [2.45, 2.75) is 40.0 Å². The number of rotatable bonds is 4. The number of hydrogen-bond acceptors (Lipinski definition) is 2. The van der Waals surface area contributed by atoms with Crippen molar-refractivity contribution in [3.05, 3.63) is 0 Å². The number of nitrogens with zero attached hydrogens (tertiary/aromatic N) is 2. The molecule has 96 valence electrons. The molecule has 0 spiro atoms. The molecule has 0 saturated carbocycles. The third kappa shape index (κ3) is 5.86. The molecule has 1 heterocycles. The highest BCUT2D eigenvalue weighted by molar-refractivity contribution is 4.76. The van der Waals surface area contributed by atoms with Crippen molar-refractivity contribution in [1.82, 2.24) is 9.80 Å². The van der Waals surface area contributed by atoms with Gasteiger partial charge in [-0.25, -0.2) is 0 Å². The third-order valence-electron chi connectivity index (χ3n) is 3.47. The zero-order chi connectivity index (χ0) is 12.2. The van der Waals surface area contributed by atoms with E-state index >= 15 is 0 Å². The Labute approximate surface area is 102 Å². The second-order valence-corrected chi connectivity index (χ2v) is 6.85. The van der Waals surface area contributed by atoms with Crippen LogP contribution in [-0.4, -0.2) is 50.1 Å². The van der Waals surface area contributed by atoms with E-state index < -0.39 is 0 Å². The Kier molecular flexibility index (Phi) is 5.26. The van der Waals surface area contributed by atoms with Gasteiger partial charge in [0.1, 0.15) is 0 Å². The monoisotopic (exact) mass is 226 g/mol. The molecule has 0 unspecified atom stereocenters. The highest BCUT2D eigenvalue weighted by Gasteiger charge is 2.23. The van der Waals surface area contributed by atoms with Gasteiger partial charge in [-0.05, 0) is 57.8 Å². The minimum Gasteiger partial charge on any atom is -0.308 e. The van der Waals surface area contributed by atoms with E-state index in [1.807, 2.05) is 0 Å². The molecule has 1 aliphatic heterocycles. The van der Waals surface area contributed by atoms with Crippen molar-refractivity contribution in [1.29, 1.82) is 0 Å². The summed E-state index contributed by atoms with van der Waals surface area (Å²) in [5.74, 6) is 0.968. The fraction of sp³-hybridized carbons (Fsp3) is 1.00. The molecule has 0 aromatic heterocycles. The van der Waals surface area contributed by atoms with E-state index in [1.54, 1.807) is 0 Å². The lowest BCUT2D eigenvalue weighted by Gasteiger charge is -2.35. The predicted octanol–water partition coefficient (Wildman–Crippen LogP) is 2.70. The van der Waals surface area contributed by atoms with Crippen molar-refractivity contribution in [2.75, 3.05) is 40.3 Å². The largest absolute Gasteiger partial charge is 0.308 e. The quantitative estimate of drug-likeness (QED) is 0.727. The average molecular weight is 226 g/mol. The van der Waals surface area contributed by atoms with Gasteiger partial charge < -0.3 is 9.80 Å². The van der Waals surface area contributed by atoms with Gasteiger partial charge in [0, 0.05) is 13.1 Å². The molecule has 0 amide bonds. The van der Waals surface area contributed by atoms with Crippen molar-refractivity contribution < 1.29 is 0 Å². The summed E-state index contributed by atoms with van der Waals surface area (Å²) in [4.78, 5) is 4.90. The molecule has 0 aliphatic carbocycles. The first-order valence-electron chi connectivity index (χ1n) is 6.74. The van der Waals surface area contributed by atoms with Gasteiger partial charge in [-0.15, -0.1) is 0 Å². The van der Waals surface area contributed by atoms with Gasteiger partial charge in [0.2, 0.25) is 0 Å². The summed E-state index contributed by atoms with van der Waals surface area (Å²) in [7, 11) is 4.32. The Hall–Kier alpha value is -0.0800. The van der Waals surface area contributed by atoms with E-state index in [4.69, 9.17) is 0 Å². The maximum Gasteiger partial charge on any atom is 0.0109 e. The van der Waals surface area contributed by atoms with Crippen LogP contribution in [0.5, 0.6) is 0 Å². The van der Waals surface area contributed by atoms with E-state index in [-0.39, 0.29) is 0 Å². The minimum absolute atomic E-state index is 0.510. The van der Waals surface area contributed by atoms with Crippen LogP contribution in [0.2, 0.25) is 0 Å². The smallest absolute Gasteiger partial charge is 0.0109 e. The molecule has 1 saturated heterocycles. The minimum atomic E-state index is 0.510.